The third kappa shape index (κ3) is 4.40. The number of thiophene rings is 1. The molecule has 0 aliphatic heterocycles. The molecule has 0 saturated heterocycles. The fraction of sp³-hybridized carbons (Fsp3) is 0.650. The number of aromatic nitrogens is 2. The summed E-state index contributed by atoms with van der Waals surface area (Å²) in [6, 6.07) is 2.59. The highest BCUT2D eigenvalue weighted by Crippen LogP contribution is 2.42. The summed E-state index contributed by atoms with van der Waals surface area (Å²) in [5, 5.41) is 11.6. The summed E-state index contributed by atoms with van der Waals surface area (Å²) in [7, 11) is 0. The van der Waals surface area contributed by atoms with Gasteiger partial charge in [-0.3, -0.25) is 4.79 Å². The van der Waals surface area contributed by atoms with Gasteiger partial charge in [-0.15, -0.1) is 21.5 Å². The third-order valence-corrected chi connectivity index (χ3v) is 7.65. The zero-order chi connectivity index (χ0) is 19.2. The van der Waals surface area contributed by atoms with Crippen molar-refractivity contribution in [1.82, 2.24) is 15.5 Å². The fourth-order valence-electron chi connectivity index (χ4n) is 3.48. The van der Waals surface area contributed by atoms with E-state index in [1.165, 1.54) is 28.6 Å². The number of hydrogen-bond acceptors (Lipinski definition) is 6. The molecule has 2 unspecified atom stereocenters. The predicted molar refractivity (Wildman–Crippen MR) is 109 cm³/mol. The van der Waals surface area contributed by atoms with Crippen molar-refractivity contribution in [3.05, 3.63) is 16.5 Å². The van der Waals surface area contributed by atoms with Gasteiger partial charge in [-0.2, -0.15) is 0 Å². The Hall–Kier alpha value is -1.34. The van der Waals surface area contributed by atoms with Gasteiger partial charge in [0.2, 0.25) is 5.91 Å². The summed E-state index contributed by atoms with van der Waals surface area (Å²) in [4.78, 5) is 14.6. The normalized spacial score (nSPS) is 21.0. The lowest BCUT2D eigenvalue weighted by Crippen LogP contribution is -2.32. The minimum Gasteiger partial charge on any atom is -0.410 e. The first-order chi connectivity index (χ1) is 12.8. The van der Waals surface area contributed by atoms with Gasteiger partial charge in [-0.25, -0.2) is 0 Å². The standard InChI is InChI=1S/C20H27N3O2S2/c1-11(17(24)21-14-6-7-14)26-19-23-22-18(25-19)16-10-12-9-13(20(2,3)4)5-8-15(12)27-16/h10-11,13-14H,5-9H2,1-4H3,(H,21,24). The molecule has 2 heterocycles. The highest BCUT2D eigenvalue weighted by Gasteiger charge is 2.31. The molecule has 2 aliphatic rings. The van der Waals surface area contributed by atoms with E-state index in [4.69, 9.17) is 4.42 Å². The number of carbonyl (C=O) groups excluding carboxylic acids is 1. The highest BCUT2D eigenvalue weighted by molar-refractivity contribution is 8.00. The number of hydrogen-bond donors (Lipinski definition) is 1. The van der Waals surface area contributed by atoms with E-state index in [2.05, 4.69) is 42.4 Å². The van der Waals surface area contributed by atoms with Crippen LogP contribution in [0.3, 0.4) is 0 Å². The number of thioether (sulfide) groups is 1. The van der Waals surface area contributed by atoms with E-state index in [0.29, 0.717) is 28.5 Å². The molecule has 7 heteroatoms. The van der Waals surface area contributed by atoms with Crippen molar-refractivity contribution in [2.45, 2.75) is 76.3 Å². The van der Waals surface area contributed by atoms with Gasteiger partial charge in [0.05, 0.1) is 10.1 Å². The largest absolute Gasteiger partial charge is 0.410 e. The molecule has 1 amide bonds. The first kappa shape index (κ1) is 19.0. The molecule has 0 radical (unpaired) electrons. The van der Waals surface area contributed by atoms with Gasteiger partial charge < -0.3 is 9.73 Å². The van der Waals surface area contributed by atoms with E-state index < -0.39 is 0 Å². The minimum atomic E-state index is -0.233. The number of aryl methyl sites for hydroxylation is 1. The average Bonchev–Trinajstić information content (AvgIpc) is 3.13. The van der Waals surface area contributed by atoms with E-state index in [9.17, 15) is 4.79 Å². The van der Waals surface area contributed by atoms with Crippen LogP contribution in [-0.4, -0.2) is 27.4 Å². The summed E-state index contributed by atoms with van der Waals surface area (Å²) in [6.45, 7) is 8.87. The topological polar surface area (TPSA) is 68.0 Å². The van der Waals surface area contributed by atoms with Crippen LogP contribution in [0.5, 0.6) is 0 Å². The van der Waals surface area contributed by atoms with Crippen LogP contribution in [-0.2, 0) is 17.6 Å². The molecule has 2 atom stereocenters. The van der Waals surface area contributed by atoms with Crippen LogP contribution in [0.1, 0.15) is 57.4 Å². The third-order valence-electron chi connectivity index (χ3n) is 5.50. The lowest BCUT2D eigenvalue weighted by Gasteiger charge is -2.33. The van der Waals surface area contributed by atoms with Crippen molar-refractivity contribution in [3.63, 3.8) is 0 Å². The molecule has 0 aromatic carbocycles. The molecule has 2 aromatic rings. The molecule has 146 valence electrons. The van der Waals surface area contributed by atoms with E-state index in [1.54, 1.807) is 11.3 Å². The molecule has 5 nitrogen and oxygen atoms in total. The van der Waals surface area contributed by atoms with Crippen LogP contribution in [0, 0.1) is 11.3 Å². The van der Waals surface area contributed by atoms with Gasteiger partial charge >= 0.3 is 0 Å². The van der Waals surface area contributed by atoms with Crippen LogP contribution < -0.4 is 5.32 Å². The zero-order valence-electron chi connectivity index (χ0n) is 16.4. The van der Waals surface area contributed by atoms with E-state index in [0.717, 1.165) is 30.6 Å². The smallest absolute Gasteiger partial charge is 0.277 e. The van der Waals surface area contributed by atoms with Crippen LogP contribution in [0.15, 0.2) is 15.7 Å². The Morgan fingerprint density at radius 1 is 1.33 bits per heavy atom. The SMILES string of the molecule is CC(Sc1nnc(-c2cc3c(s2)CCC(C(C)(C)C)C3)o1)C(=O)NC1CC1. The number of fused-ring (bicyclic) bond motifs is 1. The Kier molecular flexibility index (Phi) is 5.10. The van der Waals surface area contributed by atoms with Crippen molar-refractivity contribution in [2.24, 2.45) is 11.3 Å². The van der Waals surface area contributed by atoms with Crippen LogP contribution in [0.25, 0.3) is 10.8 Å². The number of nitrogens with one attached hydrogen (secondary N) is 1. The van der Waals surface area contributed by atoms with Crippen LogP contribution in [0.4, 0.5) is 0 Å². The van der Waals surface area contributed by atoms with E-state index in [-0.39, 0.29) is 11.2 Å². The number of carbonyl (C=O) groups is 1. The summed E-state index contributed by atoms with van der Waals surface area (Å²) in [6.07, 6.45) is 5.69. The molecule has 0 bridgehead atoms. The predicted octanol–water partition coefficient (Wildman–Crippen LogP) is 4.71. The minimum absolute atomic E-state index is 0.0436. The first-order valence-electron chi connectivity index (χ1n) is 9.72. The van der Waals surface area contributed by atoms with Gasteiger partial charge in [-0.05, 0) is 62.0 Å². The molecule has 1 saturated carbocycles. The van der Waals surface area contributed by atoms with E-state index in [1.807, 2.05) is 6.92 Å². The Bertz CT molecular complexity index is 833. The lowest BCUT2D eigenvalue weighted by molar-refractivity contribution is -0.120. The van der Waals surface area contributed by atoms with Crippen LogP contribution in [0.2, 0.25) is 0 Å². The molecular formula is C20H27N3O2S2. The van der Waals surface area contributed by atoms with Gasteiger partial charge in [-0.1, -0.05) is 32.5 Å². The maximum absolute atomic E-state index is 12.1. The quantitative estimate of drug-likeness (QED) is 0.730. The molecule has 0 spiro atoms. The first-order valence-corrected chi connectivity index (χ1v) is 11.4. The van der Waals surface area contributed by atoms with E-state index >= 15 is 0 Å². The maximum Gasteiger partial charge on any atom is 0.277 e. The van der Waals surface area contributed by atoms with Crippen molar-refractivity contribution in [2.75, 3.05) is 0 Å². The molecule has 2 aliphatic carbocycles. The van der Waals surface area contributed by atoms with Crippen molar-refractivity contribution < 1.29 is 9.21 Å². The zero-order valence-corrected chi connectivity index (χ0v) is 18.0. The van der Waals surface area contributed by atoms with Crippen molar-refractivity contribution >= 4 is 29.0 Å². The Labute approximate surface area is 168 Å². The van der Waals surface area contributed by atoms with Crippen molar-refractivity contribution in [3.8, 4) is 10.8 Å². The number of amides is 1. The molecule has 27 heavy (non-hydrogen) atoms. The van der Waals surface area contributed by atoms with Gasteiger partial charge in [0.25, 0.3) is 11.1 Å². The fourth-order valence-corrected chi connectivity index (χ4v) is 5.30. The number of rotatable bonds is 5. The summed E-state index contributed by atoms with van der Waals surface area (Å²) in [5.74, 6) is 1.33. The summed E-state index contributed by atoms with van der Waals surface area (Å²) in [5.41, 5.74) is 1.77. The van der Waals surface area contributed by atoms with Gasteiger partial charge in [0, 0.05) is 10.9 Å². The second-order valence-electron chi connectivity index (χ2n) is 8.78. The molecule has 4 rings (SSSR count). The van der Waals surface area contributed by atoms with Crippen LogP contribution >= 0.6 is 23.1 Å². The highest BCUT2D eigenvalue weighted by atomic mass is 32.2. The Balaban J connectivity index is 1.43. The molecular weight excluding hydrogens is 378 g/mol. The average molecular weight is 406 g/mol. The lowest BCUT2D eigenvalue weighted by atomic mass is 9.72. The molecule has 1 N–H and O–H groups in total. The Morgan fingerprint density at radius 2 is 2.11 bits per heavy atom. The second kappa shape index (κ2) is 7.24. The Morgan fingerprint density at radius 3 is 2.81 bits per heavy atom. The van der Waals surface area contributed by atoms with Crippen molar-refractivity contribution in [1.29, 1.82) is 0 Å². The molecule has 1 fully saturated rings. The van der Waals surface area contributed by atoms with Gasteiger partial charge in [0.1, 0.15) is 0 Å². The monoisotopic (exact) mass is 405 g/mol. The molecule has 2 aromatic heterocycles. The maximum atomic E-state index is 12.1. The summed E-state index contributed by atoms with van der Waals surface area (Å²) < 4.78 is 5.85. The number of nitrogens with zero attached hydrogens (tertiary/aromatic N) is 2. The summed E-state index contributed by atoms with van der Waals surface area (Å²) >= 11 is 3.10. The second-order valence-corrected chi connectivity index (χ2v) is 11.2. The van der Waals surface area contributed by atoms with Gasteiger partial charge in [0.15, 0.2) is 0 Å².